The van der Waals surface area contributed by atoms with Crippen molar-refractivity contribution in [3.8, 4) is 0 Å². The Morgan fingerprint density at radius 1 is 1.20 bits per heavy atom. The minimum Gasteiger partial charge on any atom is -0.478 e. The number of hydrogen-bond donors (Lipinski definition) is 1. The average Bonchev–Trinajstić information content (AvgIpc) is 2.67. The second kappa shape index (κ2) is 4.28. The fraction of sp³-hybridized carbons (Fsp3) is 0.0833. The Kier molecular flexibility index (Phi) is 2.83. The average molecular weight is 218 g/mol. The first kappa shape index (κ1) is 9.93. The summed E-state index contributed by atoms with van der Waals surface area (Å²) < 4.78 is 0. The van der Waals surface area contributed by atoms with Gasteiger partial charge in [-0.05, 0) is 17.0 Å². The quantitative estimate of drug-likeness (QED) is 0.859. The van der Waals surface area contributed by atoms with E-state index in [1.807, 2.05) is 35.7 Å². The second-order valence-corrected chi connectivity index (χ2v) is 4.23. The van der Waals surface area contributed by atoms with Gasteiger partial charge >= 0.3 is 5.97 Å². The second-order valence-electron chi connectivity index (χ2n) is 3.22. The first-order chi connectivity index (χ1) is 7.27. The third-order valence-electron chi connectivity index (χ3n) is 2.18. The first-order valence-corrected chi connectivity index (χ1v) is 5.49. The van der Waals surface area contributed by atoms with Crippen molar-refractivity contribution in [1.82, 2.24) is 0 Å². The normalized spacial score (nSPS) is 10.1. The smallest absolute Gasteiger partial charge is 0.336 e. The van der Waals surface area contributed by atoms with Crippen molar-refractivity contribution in [1.29, 1.82) is 0 Å². The number of benzene rings is 1. The van der Waals surface area contributed by atoms with Gasteiger partial charge < -0.3 is 5.11 Å². The van der Waals surface area contributed by atoms with Gasteiger partial charge in [-0.1, -0.05) is 30.3 Å². The van der Waals surface area contributed by atoms with Crippen LogP contribution in [0.1, 0.15) is 20.8 Å². The maximum atomic E-state index is 10.9. The van der Waals surface area contributed by atoms with Crippen LogP contribution in [0.15, 0.2) is 41.8 Å². The SMILES string of the molecule is O=C(O)c1ccsc1Cc1ccccc1. The Labute approximate surface area is 91.8 Å². The molecule has 1 aromatic carbocycles. The Bertz CT molecular complexity index is 459. The molecule has 0 aliphatic carbocycles. The van der Waals surface area contributed by atoms with Gasteiger partial charge in [0.1, 0.15) is 0 Å². The van der Waals surface area contributed by atoms with Crippen molar-refractivity contribution in [2.45, 2.75) is 6.42 Å². The summed E-state index contributed by atoms with van der Waals surface area (Å²) in [7, 11) is 0. The molecule has 2 nitrogen and oxygen atoms in total. The maximum absolute atomic E-state index is 10.9. The number of thiophene rings is 1. The number of carboxylic acid groups (broad SMARTS) is 1. The van der Waals surface area contributed by atoms with Crippen molar-refractivity contribution in [2.24, 2.45) is 0 Å². The molecule has 0 radical (unpaired) electrons. The highest BCUT2D eigenvalue weighted by atomic mass is 32.1. The number of carbonyl (C=O) groups is 1. The summed E-state index contributed by atoms with van der Waals surface area (Å²) in [5, 5.41) is 10.8. The van der Waals surface area contributed by atoms with Crippen LogP contribution in [0.2, 0.25) is 0 Å². The number of aromatic carboxylic acids is 1. The molecule has 0 saturated carbocycles. The van der Waals surface area contributed by atoms with Gasteiger partial charge in [-0.15, -0.1) is 11.3 Å². The van der Waals surface area contributed by atoms with Crippen LogP contribution in [0.3, 0.4) is 0 Å². The lowest BCUT2D eigenvalue weighted by molar-refractivity contribution is 0.0696. The van der Waals surface area contributed by atoms with Crippen LogP contribution >= 0.6 is 11.3 Å². The highest BCUT2D eigenvalue weighted by Gasteiger charge is 2.11. The lowest BCUT2D eigenvalue weighted by Gasteiger charge is -2.00. The van der Waals surface area contributed by atoms with Crippen molar-refractivity contribution in [3.63, 3.8) is 0 Å². The van der Waals surface area contributed by atoms with Crippen molar-refractivity contribution in [3.05, 3.63) is 57.8 Å². The van der Waals surface area contributed by atoms with E-state index >= 15 is 0 Å². The lowest BCUT2D eigenvalue weighted by atomic mass is 10.1. The minimum atomic E-state index is -0.845. The monoisotopic (exact) mass is 218 g/mol. The molecule has 2 aromatic rings. The fourth-order valence-electron chi connectivity index (χ4n) is 1.45. The van der Waals surface area contributed by atoms with Crippen LogP contribution in [0, 0.1) is 0 Å². The molecule has 0 atom stereocenters. The molecule has 0 fully saturated rings. The largest absolute Gasteiger partial charge is 0.478 e. The molecule has 76 valence electrons. The summed E-state index contributed by atoms with van der Waals surface area (Å²) in [6.45, 7) is 0. The van der Waals surface area contributed by atoms with Crippen molar-refractivity contribution < 1.29 is 9.90 Å². The molecule has 15 heavy (non-hydrogen) atoms. The van der Waals surface area contributed by atoms with Crippen LogP contribution in [-0.2, 0) is 6.42 Å². The first-order valence-electron chi connectivity index (χ1n) is 4.61. The van der Waals surface area contributed by atoms with Gasteiger partial charge in [0.05, 0.1) is 5.56 Å². The van der Waals surface area contributed by atoms with Gasteiger partial charge in [-0.25, -0.2) is 4.79 Å². The molecule has 0 spiro atoms. The lowest BCUT2D eigenvalue weighted by Crippen LogP contribution is -1.98. The van der Waals surface area contributed by atoms with Gasteiger partial charge in [0.25, 0.3) is 0 Å². The Morgan fingerprint density at radius 2 is 1.93 bits per heavy atom. The van der Waals surface area contributed by atoms with E-state index in [0.29, 0.717) is 12.0 Å². The maximum Gasteiger partial charge on any atom is 0.336 e. The molecule has 1 aromatic heterocycles. The highest BCUT2D eigenvalue weighted by molar-refractivity contribution is 7.10. The summed E-state index contributed by atoms with van der Waals surface area (Å²) >= 11 is 1.49. The van der Waals surface area contributed by atoms with E-state index in [-0.39, 0.29) is 0 Å². The molecular formula is C12H10O2S. The molecule has 1 heterocycles. The van der Waals surface area contributed by atoms with E-state index in [2.05, 4.69) is 0 Å². The summed E-state index contributed by atoms with van der Waals surface area (Å²) in [6.07, 6.45) is 0.695. The topological polar surface area (TPSA) is 37.3 Å². The molecule has 1 N–H and O–H groups in total. The zero-order valence-electron chi connectivity index (χ0n) is 8.01. The summed E-state index contributed by atoms with van der Waals surface area (Å²) in [4.78, 5) is 11.8. The van der Waals surface area contributed by atoms with E-state index in [9.17, 15) is 4.79 Å². The molecule has 0 saturated heterocycles. The molecule has 0 amide bonds. The zero-order chi connectivity index (χ0) is 10.7. The fourth-order valence-corrected chi connectivity index (χ4v) is 2.35. The summed E-state index contributed by atoms with van der Waals surface area (Å²) in [5.74, 6) is -0.845. The number of carboxylic acids is 1. The third-order valence-corrected chi connectivity index (χ3v) is 3.10. The van der Waals surface area contributed by atoms with E-state index < -0.39 is 5.97 Å². The number of hydrogen-bond acceptors (Lipinski definition) is 2. The van der Waals surface area contributed by atoms with Crippen LogP contribution < -0.4 is 0 Å². The molecule has 3 heteroatoms. The molecule has 0 aliphatic heterocycles. The minimum absolute atomic E-state index is 0.420. The van der Waals surface area contributed by atoms with Gasteiger partial charge in [0.15, 0.2) is 0 Å². The summed E-state index contributed by atoms with van der Waals surface area (Å²) in [5.41, 5.74) is 1.56. The summed E-state index contributed by atoms with van der Waals surface area (Å²) in [6, 6.07) is 11.5. The molecule has 0 bridgehead atoms. The van der Waals surface area contributed by atoms with Gasteiger partial charge in [0.2, 0.25) is 0 Å². The highest BCUT2D eigenvalue weighted by Crippen LogP contribution is 2.20. The van der Waals surface area contributed by atoms with Crippen LogP contribution in [0.25, 0.3) is 0 Å². The van der Waals surface area contributed by atoms with Crippen molar-refractivity contribution >= 4 is 17.3 Å². The van der Waals surface area contributed by atoms with E-state index in [1.54, 1.807) is 6.07 Å². The van der Waals surface area contributed by atoms with E-state index in [4.69, 9.17) is 5.11 Å². The molecular weight excluding hydrogens is 208 g/mol. The van der Waals surface area contributed by atoms with Gasteiger partial charge in [-0.2, -0.15) is 0 Å². The van der Waals surface area contributed by atoms with Gasteiger partial charge in [-0.3, -0.25) is 0 Å². The zero-order valence-corrected chi connectivity index (χ0v) is 8.83. The molecule has 0 aliphatic rings. The van der Waals surface area contributed by atoms with Crippen LogP contribution in [0.5, 0.6) is 0 Å². The third kappa shape index (κ3) is 2.25. The Balaban J connectivity index is 2.25. The standard InChI is InChI=1S/C12H10O2S/c13-12(14)10-6-7-15-11(10)8-9-4-2-1-3-5-9/h1-7H,8H2,(H,13,14). The van der Waals surface area contributed by atoms with Crippen LogP contribution in [-0.4, -0.2) is 11.1 Å². The van der Waals surface area contributed by atoms with Gasteiger partial charge in [0, 0.05) is 11.3 Å². The molecule has 0 unspecified atom stereocenters. The van der Waals surface area contributed by atoms with E-state index in [0.717, 1.165) is 10.4 Å². The Hall–Kier alpha value is -1.61. The predicted octanol–water partition coefficient (Wildman–Crippen LogP) is 3.04. The predicted molar refractivity (Wildman–Crippen MR) is 60.5 cm³/mol. The Morgan fingerprint density at radius 3 is 2.60 bits per heavy atom. The van der Waals surface area contributed by atoms with Crippen molar-refractivity contribution in [2.75, 3.05) is 0 Å². The van der Waals surface area contributed by atoms with E-state index in [1.165, 1.54) is 11.3 Å². The van der Waals surface area contributed by atoms with Crippen LogP contribution in [0.4, 0.5) is 0 Å². The molecule has 2 rings (SSSR count). The number of rotatable bonds is 3.